The van der Waals surface area contributed by atoms with E-state index in [-0.39, 0.29) is 5.41 Å². The Morgan fingerprint density at radius 1 is 1.05 bits per heavy atom. The van der Waals surface area contributed by atoms with Crippen LogP contribution in [0.1, 0.15) is 18.4 Å². The molecule has 110 valence electrons. The third kappa shape index (κ3) is 3.19. The van der Waals surface area contributed by atoms with Gasteiger partial charge in [0, 0.05) is 11.6 Å². The summed E-state index contributed by atoms with van der Waals surface area (Å²) >= 11 is 0. The molecule has 1 N–H and O–H groups in total. The van der Waals surface area contributed by atoms with Gasteiger partial charge in [0.25, 0.3) is 0 Å². The summed E-state index contributed by atoms with van der Waals surface area (Å²) in [6.45, 7) is 2.02. The Labute approximate surface area is 121 Å². The third-order valence-corrected chi connectivity index (χ3v) is 3.98. The first-order valence-corrected chi connectivity index (χ1v) is 7.11. The molecule has 2 rings (SSSR count). The Kier molecular flexibility index (Phi) is 4.45. The largest absolute Gasteiger partial charge is 0.508 e. The summed E-state index contributed by atoms with van der Waals surface area (Å²) in [4.78, 5) is 8.98. The van der Waals surface area contributed by atoms with Crippen molar-refractivity contribution >= 4 is 11.9 Å². The van der Waals surface area contributed by atoms with Gasteiger partial charge in [-0.3, -0.25) is 4.99 Å². The number of aliphatic imine (C=N–C) groups is 1. The predicted molar refractivity (Wildman–Crippen MR) is 84.3 cm³/mol. The number of hydrogen-bond acceptors (Lipinski definition) is 4. The van der Waals surface area contributed by atoms with E-state index >= 15 is 0 Å². The molecule has 0 unspecified atom stereocenters. The standard InChI is InChI=1S/C16H25N3O/c1-18(2)9-7-16(8-10-19(3)4)12-17-15-6-5-13(20)11-14(15)16/h5-6,11-12,20H,7-10H2,1-4H3. The van der Waals surface area contributed by atoms with E-state index in [1.54, 1.807) is 6.07 Å². The molecule has 1 aliphatic rings. The quantitative estimate of drug-likeness (QED) is 0.865. The summed E-state index contributed by atoms with van der Waals surface area (Å²) in [5.74, 6) is 0.327. The maximum absolute atomic E-state index is 9.81. The molecule has 0 atom stereocenters. The van der Waals surface area contributed by atoms with Crippen LogP contribution in [-0.2, 0) is 5.41 Å². The Morgan fingerprint density at radius 3 is 2.20 bits per heavy atom. The van der Waals surface area contributed by atoms with E-state index in [4.69, 9.17) is 0 Å². The van der Waals surface area contributed by atoms with Gasteiger partial charge >= 0.3 is 0 Å². The molecule has 0 fully saturated rings. The fourth-order valence-electron chi connectivity index (χ4n) is 2.67. The van der Waals surface area contributed by atoms with E-state index in [0.29, 0.717) is 5.75 Å². The molecule has 0 aromatic heterocycles. The number of phenols is 1. The second kappa shape index (κ2) is 5.94. The second-order valence-electron chi connectivity index (χ2n) is 6.22. The van der Waals surface area contributed by atoms with Gasteiger partial charge in [-0.2, -0.15) is 0 Å². The number of nitrogens with zero attached hydrogens (tertiary/aromatic N) is 3. The number of benzene rings is 1. The Balaban J connectivity index is 2.29. The van der Waals surface area contributed by atoms with Crippen molar-refractivity contribution in [1.82, 2.24) is 9.80 Å². The lowest BCUT2D eigenvalue weighted by Crippen LogP contribution is -2.34. The van der Waals surface area contributed by atoms with Gasteiger partial charge in [-0.1, -0.05) is 0 Å². The molecule has 0 radical (unpaired) electrons. The Hall–Kier alpha value is -1.39. The van der Waals surface area contributed by atoms with E-state index in [1.807, 2.05) is 12.1 Å². The number of fused-ring (bicyclic) bond motifs is 1. The predicted octanol–water partition coefficient (Wildman–Crippen LogP) is 2.25. The zero-order chi connectivity index (χ0) is 14.8. The van der Waals surface area contributed by atoms with Crippen molar-refractivity contribution in [3.63, 3.8) is 0 Å². The van der Waals surface area contributed by atoms with Gasteiger partial charge in [0.1, 0.15) is 5.75 Å². The van der Waals surface area contributed by atoms with Crippen molar-refractivity contribution < 1.29 is 5.11 Å². The molecule has 0 saturated carbocycles. The van der Waals surface area contributed by atoms with E-state index in [2.05, 4.69) is 49.2 Å². The van der Waals surface area contributed by atoms with E-state index in [0.717, 1.165) is 31.6 Å². The molecule has 1 aliphatic heterocycles. The molecule has 1 heterocycles. The molecule has 1 aromatic rings. The Morgan fingerprint density at radius 2 is 1.65 bits per heavy atom. The number of rotatable bonds is 6. The summed E-state index contributed by atoms with van der Waals surface area (Å²) in [5, 5.41) is 9.81. The van der Waals surface area contributed by atoms with Crippen LogP contribution in [-0.4, -0.2) is 62.4 Å². The minimum Gasteiger partial charge on any atom is -0.508 e. The van der Waals surface area contributed by atoms with Crippen LogP contribution in [0.2, 0.25) is 0 Å². The second-order valence-corrected chi connectivity index (χ2v) is 6.22. The van der Waals surface area contributed by atoms with Crippen LogP contribution >= 0.6 is 0 Å². The van der Waals surface area contributed by atoms with Crippen molar-refractivity contribution in [2.24, 2.45) is 4.99 Å². The lowest BCUT2D eigenvalue weighted by atomic mass is 9.76. The zero-order valence-electron chi connectivity index (χ0n) is 12.9. The minimum absolute atomic E-state index is 0.0530. The van der Waals surface area contributed by atoms with E-state index < -0.39 is 0 Å². The van der Waals surface area contributed by atoms with E-state index in [9.17, 15) is 5.11 Å². The summed E-state index contributed by atoms with van der Waals surface area (Å²) in [7, 11) is 8.37. The van der Waals surface area contributed by atoms with Crippen molar-refractivity contribution in [3.8, 4) is 5.75 Å². The van der Waals surface area contributed by atoms with Crippen LogP contribution in [0.25, 0.3) is 0 Å². The van der Waals surface area contributed by atoms with Crippen molar-refractivity contribution in [2.45, 2.75) is 18.3 Å². The SMILES string of the molecule is CN(C)CCC1(CCN(C)C)C=Nc2ccc(O)cc21. The average molecular weight is 275 g/mol. The summed E-state index contributed by atoms with van der Waals surface area (Å²) < 4.78 is 0. The first kappa shape index (κ1) is 15.0. The average Bonchev–Trinajstić information content (AvgIpc) is 2.73. The van der Waals surface area contributed by atoms with Crippen LogP contribution < -0.4 is 0 Å². The molecule has 4 heteroatoms. The maximum atomic E-state index is 9.81. The summed E-state index contributed by atoms with van der Waals surface area (Å²) in [6.07, 6.45) is 4.13. The highest BCUT2D eigenvalue weighted by atomic mass is 16.3. The fraction of sp³-hybridized carbons (Fsp3) is 0.562. The van der Waals surface area contributed by atoms with E-state index in [1.165, 1.54) is 5.56 Å². The first-order chi connectivity index (χ1) is 9.43. The highest BCUT2D eigenvalue weighted by Gasteiger charge is 2.36. The molecule has 4 nitrogen and oxygen atoms in total. The molecule has 20 heavy (non-hydrogen) atoms. The molecule has 0 spiro atoms. The highest BCUT2D eigenvalue weighted by molar-refractivity contribution is 5.85. The molecular formula is C16H25N3O. The third-order valence-electron chi connectivity index (χ3n) is 3.98. The van der Waals surface area contributed by atoms with Crippen molar-refractivity contribution in [1.29, 1.82) is 0 Å². The van der Waals surface area contributed by atoms with Crippen molar-refractivity contribution in [3.05, 3.63) is 23.8 Å². The van der Waals surface area contributed by atoms with Crippen LogP contribution in [0.3, 0.4) is 0 Å². The first-order valence-electron chi connectivity index (χ1n) is 7.11. The van der Waals surface area contributed by atoms with Crippen LogP contribution in [0.15, 0.2) is 23.2 Å². The van der Waals surface area contributed by atoms with Crippen LogP contribution in [0, 0.1) is 0 Å². The fourth-order valence-corrected chi connectivity index (χ4v) is 2.67. The van der Waals surface area contributed by atoms with Gasteiger partial charge in [0.05, 0.1) is 5.69 Å². The lowest BCUT2D eigenvalue weighted by molar-refractivity contribution is 0.319. The summed E-state index contributed by atoms with van der Waals surface area (Å²) in [5.41, 5.74) is 2.12. The smallest absolute Gasteiger partial charge is 0.116 e. The highest BCUT2D eigenvalue weighted by Crippen LogP contribution is 2.43. The monoisotopic (exact) mass is 275 g/mol. The number of aromatic hydroxyl groups is 1. The molecule has 1 aromatic carbocycles. The normalized spacial score (nSPS) is 16.1. The van der Waals surface area contributed by atoms with Crippen LogP contribution in [0.4, 0.5) is 5.69 Å². The van der Waals surface area contributed by atoms with Gasteiger partial charge in [0.15, 0.2) is 0 Å². The molecule has 0 saturated heterocycles. The lowest BCUT2D eigenvalue weighted by Gasteiger charge is -2.30. The zero-order valence-corrected chi connectivity index (χ0v) is 12.9. The molecule has 0 amide bonds. The number of hydrogen-bond donors (Lipinski definition) is 1. The van der Waals surface area contributed by atoms with Crippen molar-refractivity contribution in [2.75, 3.05) is 41.3 Å². The maximum Gasteiger partial charge on any atom is 0.116 e. The Bertz CT molecular complexity index is 482. The number of phenolic OH excluding ortho intramolecular Hbond substituents is 1. The van der Waals surface area contributed by atoms with Gasteiger partial charge < -0.3 is 14.9 Å². The van der Waals surface area contributed by atoms with Gasteiger partial charge in [-0.15, -0.1) is 0 Å². The molecule has 0 bridgehead atoms. The van der Waals surface area contributed by atoms with Crippen LogP contribution in [0.5, 0.6) is 5.75 Å². The van der Waals surface area contributed by atoms with Gasteiger partial charge in [0.2, 0.25) is 0 Å². The molecule has 0 aliphatic carbocycles. The van der Waals surface area contributed by atoms with Gasteiger partial charge in [-0.05, 0) is 77.9 Å². The molecular weight excluding hydrogens is 250 g/mol. The minimum atomic E-state index is -0.0530. The topological polar surface area (TPSA) is 39.1 Å². The summed E-state index contributed by atoms with van der Waals surface area (Å²) in [6, 6.07) is 5.51. The van der Waals surface area contributed by atoms with Gasteiger partial charge in [-0.25, -0.2) is 0 Å².